The molecule has 0 aromatic heterocycles. The molecule has 2 aliphatic heterocycles. The average Bonchev–Trinajstić information content (AvgIpc) is 3.39. The Bertz CT molecular complexity index is 995. The highest BCUT2D eigenvalue weighted by molar-refractivity contribution is 5.95. The standard InChI is InChI=1S/C23H24FN3O3/c24-18-3-6-20-17(15-18)7-10-27(20)19-4-1-16(2-5-19)21(28)25-11-13-26(14-12-25)22(29)23(30)8-9-23/h1-6,15,30H,7-14H2. The molecule has 2 aromatic carbocycles. The van der Waals surface area contributed by atoms with E-state index >= 15 is 0 Å². The third-order valence-electron chi connectivity index (χ3n) is 6.34. The van der Waals surface area contributed by atoms with Crippen LogP contribution in [0.15, 0.2) is 42.5 Å². The second-order valence-corrected chi connectivity index (χ2v) is 8.34. The molecule has 1 saturated heterocycles. The number of rotatable bonds is 3. The number of carbonyl (C=O) groups excluding carboxylic acids is 2. The minimum absolute atomic E-state index is 0.0531. The molecule has 1 aliphatic carbocycles. The third-order valence-corrected chi connectivity index (χ3v) is 6.34. The number of amides is 2. The molecule has 1 saturated carbocycles. The Labute approximate surface area is 174 Å². The van der Waals surface area contributed by atoms with Gasteiger partial charge in [0.1, 0.15) is 11.4 Å². The van der Waals surface area contributed by atoms with Gasteiger partial charge in [0.15, 0.2) is 0 Å². The largest absolute Gasteiger partial charge is 0.380 e. The van der Waals surface area contributed by atoms with E-state index in [9.17, 15) is 19.1 Å². The third kappa shape index (κ3) is 3.33. The molecule has 2 heterocycles. The van der Waals surface area contributed by atoms with Crippen molar-refractivity contribution in [2.75, 3.05) is 37.6 Å². The number of aliphatic hydroxyl groups is 1. The van der Waals surface area contributed by atoms with Crippen LogP contribution in [-0.2, 0) is 11.2 Å². The number of halogens is 1. The summed E-state index contributed by atoms with van der Waals surface area (Å²) in [6.07, 6.45) is 1.87. The van der Waals surface area contributed by atoms with Crippen molar-refractivity contribution in [1.82, 2.24) is 9.80 Å². The summed E-state index contributed by atoms with van der Waals surface area (Å²) in [5.74, 6) is -0.475. The lowest BCUT2D eigenvalue weighted by Gasteiger charge is -2.35. The predicted octanol–water partition coefficient (Wildman–Crippen LogP) is 2.33. The van der Waals surface area contributed by atoms with E-state index < -0.39 is 5.60 Å². The van der Waals surface area contributed by atoms with Crippen molar-refractivity contribution in [2.45, 2.75) is 24.9 Å². The van der Waals surface area contributed by atoms with Crippen LogP contribution in [0.25, 0.3) is 0 Å². The van der Waals surface area contributed by atoms with Crippen molar-refractivity contribution in [3.63, 3.8) is 0 Å². The molecule has 5 rings (SSSR count). The van der Waals surface area contributed by atoms with E-state index in [2.05, 4.69) is 4.90 Å². The molecule has 2 fully saturated rings. The van der Waals surface area contributed by atoms with Crippen molar-refractivity contribution >= 4 is 23.2 Å². The van der Waals surface area contributed by atoms with Gasteiger partial charge in [0, 0.05) is 49.7 Å². The predicted molar refractivity (Wildman–Crippen MR) is 110 cm³/mol. The zero-order valence-corrected chi connectivity index (χ0v) is 16.7. The number of fused-ring (bicyclic) bond motifs is 1. The number of piperazine rings is 1. The van der Waals surface area contributed by atoms with Gasteiger partial charge in [-0.25, -0.2) is 4.39 Å². The maximum atomic E-state index is 13.4. The zero-order chi connectivity index (χ0) is 20.9. The highest BCUT2D eigenvalue weighted by Gasteiger charge is 2.50. The summed E-state index contributed by atoms with van der Waals surface area (Å²) in [5, 5.41) is 10.00. The maximum absolute atomic E-state index is 13.4. The lowest BCUT2D eigenvalue weighted by Crippen LogP contribution is -2.53. The highest BCUT2D eigenvalue weighted by atomic mass is 19.1. The van der Waals surface area contributed by atoms with Gasteiger partial charge in [0.05, 0.1) is 0 Å². The lowest BCUT2D eigenvalue weighted by atomic mass is 10.1. The minimum Gasteiger partial charge on any atom is -0.380 e. The number of benzene rings is 2. The van der Waals surface area contributed by atoms with Crippen molar-refractivity contribution < 1.29 is 19.1 Å². The van der Waals surface area contributed by atoms with E-state index in [4.69, 9.17) is 0 Å². The van der Waals surface area contributed by atoms with E-state index in [1.807, 2.05) is 24.3 Å². The fourth-order valence-electron chi connectivity index (χ4n) is 4.34. The van der Waals surface area contributed by atoms with Crippen LogP contribution in [0.3, 0.4) is 0 Å². The summed E-state index contributed by atoms with van der Waals surface area (Å²) in [6.45, 7) is 2.62. The van der Waals surface area contributed by atoms with Crippen molar-refractivity contribution in [3.05, 3.63) is 59.4 Å². The number of anilines is 2. The number of carbonyl (C=O) groups is 2. The number of hydrogen-bond donors (Lipinski definition) is 1. The molecule has 0 radical (unpaired) electrons. The minimum atomic E-state index is -1.15. The van der Waals surface area contributed by atoms with Crippen molar-refractivity contribution in [1.29, 1.82) is 0 Å². The molecule has 0 spiro atoms. The van der Waals surface area contributed by atoms with E-state index in [-0.39, 0.29) is 17.6 Å². The Morgan fingerprint density at radius 2 is 1.57 bits per heavy atom. The Morgan fingerprint density at radius 3 is 2.23 bits per heavy atom. The summed E-state index contributed by atoms with van der Waals surface area (Å²) in [7, 11) is 0. The molecular weight excluding hydrogens is 385 g/mol. The first-order chi connectivity index (χ1) is 14.4. The second kappa shape index (κ2) is 7.09. The summed E-state index contributed by atoms with van der Waals surface area (Å²) in [5.41, 5.74) is 2.44. The second-order valence-electron chi connectivity index (χ2n) is 8.34. The van der Waals surface area contributed by atoms with Crippen molar-refractivity contribution in [3.8, 4) is 0 Å². The molecule has 1 N–H and O–H groups in total. The van der Waals surface area contributed by atoms with Crippen LogP contribution in [0.4, 0.5) is 15.8 Å². The monoisotopic (exact) mass is 409 g/mol. The summed E-state index contributed by atoms with van der Waals surface area (Å²) < 4.78 is 13.4. The topological polar surface area (TPSA) is 64.1 Å². The lowest BCUT2D eigenvalue weighted by molar-refractivity contribution is -0.143. The first-order valence-electron chi connectivity index (χ1n) is 10.4. The van der Waals surface area contributed by atoms with E-state index in [0.29, 0.717) is 44.6 Å². The van der Waals surface area contributed by atoms with Gasteiger partial charge in [-0.2, -0.15) is 0 Å². The quantitative estimate of drug-likeness (QED) is 0.845. The Hall–Kier alpha value is -2.93. The zero-order valence-electron chi connectivity index (χ0n) is 16.7. The fourth-order valence-corrected chi connectivity index (χ4v) is 4.34. The molecule has 2 amide bonds. The molecule has 30 heavy (non-hydrogen) atoms. The van der Waals surface area contributed by atoms with Crippen LogP contribution in [0.2, 0.25) is 0 Å². The molecule has 3 aliphatic rings. The molecular formula is C23H24FN3O3. The Balaban J connectivity index is 1.23. The van der Waals surface area contributed by atoms with Gasteiger partial charge >= 0.3 is 0 Å². The molecule has 6 nitrogen and oxygen atoms in total. The van der Waals surface area contributed by atoms with Crippen LogP contribution in [0.1, 0.15) is 28.8 Å². The number of nitrogens with zero attached hydrogens (tertiary/aromatic N) is 3. The van der Waals surface area contributed by atoms with Gasteiger partial charge in [-0.15, -0.1) is 0 Å². The van der Waals surface area contributed by atoms with E-state index in [0.717, 1.165) is 29.9 Å². The highest BCUT2D eigenvalue weighted by Crippen LogP contribution is 2.37. The van der Waals surface area contributed by atoms with Crippen LogP contribution >= 0.6 is 0 Å². The van der Waals surface area contributed by atoms with Gasteiger partial charge in [0.25, 0.3) is 11.8 Å². The summed E-state index contributed by atoms with van der Waals surface area (Å²) in [6, 6.07) is 12.4. The molecule has 2 aromatic rings. The van der Waals surface area contributed by atoms with Crippen LogP contribution in [0.5, 0.6) is 0 Å². The molecule has 0 bridgehead atoms. The van der Waals surface area contributed by atoms with Crippen LogP contribution < -0.4 is 4.90 Å². The average molecular weight is 409 g/mol. The van der Waals surface area contributed by atoms with Crippen LogP contribution in [0, 0.1) is 5.82 Å². The Kier molecular flexibility index (Phi) is 4.50. The normalized spacial score (nSPS) is 19.6. The van der Waals surface area contributed by atoms with Gasteiger partial charge in [-0.05, 0) is 67.3 Å². The maximum Gasteiger partial charge on any atom is 0.254 e. The van der Waals surface area contributed by atoms with Crippen molar-refractivity contribution in [2.24, 2.45) is 0 Å². The first-order valence-corrected chi connectivity index (χ1v) is 10.4. The molecule has 0 unspecified atom stereocenters. The SMILES string of the molecule is O=C(c1ccc(N2CCc3cc(F)ccc32)cc1)N1CCN(C(=O)C2(O)CC2)CC1. The van der Waals surface area contributed by atoms with Gasteiger partial charge in [-0.3, -0.25) is 9.59 Å². The summed E-state index contributed by atoms with van der Waals surface area (Å²) >= 11 is 0. The van der Waals surface area contributed by atoms with Gasteiger partial charge in [0.2, 0.25) is 0 Å². The van der Waals surface area contributed by atoms with Gasteiger partial charge < -0.3 is 19.8 Å². The molecule has 7 heteroatoms. The first kappa shape index (κ1) is 19.1. The Morgan fingerprint density at radius 1 is 0.900 bits per heavy atom. The smallest absolute Gasteiger partial charge is 0.254 e. The molecule has 156 valence electrons. The number of hydrogen-bond acceptors (Lipinski definition) is 4. The van der Waals surface area contributed by atoms with Crippen LogP contribution in [-0.4, -0.2) is 65.0 Å². The summed E-state index contributed by atoms with van der Waals surface area (Å²) in [4.78, 5) is 30.7. The van der Waals surface area contributed by atoms with E-state index in [1.54, 1.807) is 21.9 Å². The van der Waals surface area contributed by atoms with Gasteiger partial charge in [-0.1, -0.05) is 0 Å². The fraction of sp³-hybridized carbons (Fsp3) is 0.391. The molecule has 0 atom stereocenters. The van der Waals surface area contributed by atoms with E-state index in [1.165, 1.54) is 6.07 Å².